The molecule has 0 atom stereocenters. The maximum Gasteiger partial charge on any atom is -0.00249 e. The third-order valence-electron chi connectivity index (χ3n) is 0.959. The second-order valence-corrected chi connectivity index (χ2v) is 2.16. The fourth-order valence-electron chi connectivity index (χ4n) is 0.474. The molecule has 0 fully saturated rings. The van der Waals surface area contributed by atoms with Gasteiger partial charge in [-0.25, -0.2) is 0 Å². The van der Waals surface area contributed by atoms with Crippen molar-refractivity contribution in [3.63, 3.8) is 0 Å². The van der Waals surface area contributed by atoms with Crippen molar-refractivity contribution in [3.05, 3.63) is 0 Å². The Kier molecular flexibility index (Phi) is 26.8. The van der Waals surface area contributed by atoms with Gasteiger partial charge in [0.1, 0.15) is 0 Å². The first-order valence-corrected chi connectivity index (χ1v) is 3.50. The number of halogens is 1. The molecule has 0 aliphatic carbocycles. The van der Waals surface area contributed by atoms with Crippen LogP contribution < -0.4 is 5.73 Å². The summed E-state index contributed by atoms with van der Waals surface area (Å²) in [5.74, 6) is 0. The summed E-state index contributed by atoms with van der Waals surface area (Å²) in [6.45, 7) is 3.44. The standard InChI is InChI=1S/C6H15N.CH5N.ClH/c1-4-5-6-7(2)3;1-2;/h4-6H2,1-3H3;2H2,1H3;1H. The highest BCUT2D eigenvalue weighted by Gasteiger charge is 1.83. The largest absolute Gasteiger partial charge is 0.333 e. The molecule has 0 radical (unpaired) electrons. The van der Waals surface area contributed by atoms with Gasteiger partial charge < -0.3 is 10.6 Å². The van der Waals surface area contributed by atoms with Crippen molar-refractivity contribution >= 4 is 12.4 Å². The van der Waals surface area contributed by atoms with Crippen molar-refractivity contribution in [1.82, 2.24) is 4.90 Å². The molecule has 0 bridgehead atoms. The zero-order valence-corrected chi connectivity index (χ0v) is 8.37. The van der Waals surface area contributed by atoms with Crippen LogP contribution in [0.1, 0.15) is 19.8 Å². The van der Waals surface area contributed by atoms with E-state index in [1.54, 1.807) is 0 Å². The van der Waals surface area contributed by atoms with Crippen molar-refractivity contribution in [2.75, 3.05) is 27.7 Å². The summed E-state index contributed by atoms with van der Waals surface area (Å²) < 4.78 is 0. The first-order valence-electron chi connectivity index (χ1n) is 3.50. The number of nitrogens with two attached hydrogens (primary N) is 1. The van der Waals surface area contributed by atoms with E-state index >= 15 is 0 Å². The predicted octanol–water partition coefficient (Wildman–Crippen LogP) is 1.34. The van der Waals surface area contributed by atoms with E-state index in [0.29, 0.717) is 0 Å². The van der Waals surface area contributed by atoms with Crippen LogP contribution in [-0.2, 0) is 0 Å². The van der Waals surface area contributed by atoms with Crippen molar-refractivity contribution in [2.45, 2.75) is 19.8 Å². The normalized spacial score (nSPS) is 7.80. The Morgan fingerprint density at radius 1 is 1.20 bits per heavy atom. The molecule has 0 saturated heterocycles. The zero-order valence-electron chi connectivity index (χ0n) is 7.55. The quantitative estimate of drug-likeness (QED) is 0.690. The molecule has 0 spiro atoms. The molecule has 0 aromatic carbocycles. The second-order valence-electron chi connectivity index (χ2n) is 2.16. The average Bonchev–Trinajstić information content (AvgIpc) is 1.88. The molecule has 0 heterocycles. The van der Waals surface area contributed by atoms with E-state index in [2.05, 4.69) is 31.7 Å². The topological polar surface area (TPSA) is 29.3 Å². The van der Waals surface area contributed by atoms with Crippen molar-refractivity contribution in [1.29, 1.82) is 0 Å². The molecule has 0 aliphatic heterocycles. The van der Waals surface area contributed by atoms with E-state index in [9.17, 15) is 0 Å². The second kappa shape index (κ2) is 16.1. The maximum atomic E-state index is 4.50. The van der Waals surface area contributed by atoms with Crippen LogP contribution in [0.15, 0.2) is 0 Å². The van der Waals surface area contributed by atoms with Gasteiger partial charge in [0.2, 0.25) is 0 Å². The van der Waals surface area contributed by atoms with Gasteiger partial charge in [-0.1, -0.05) is 13.3 Å². The Morgan fingerprint density at radius 2 is 1.60 bits per heavy atom. The van der Waals surface area contributed by atoms with Gasteiger partial charge in [-0.2, -0.15) is 0 Å². The van der Waals surface area contributed by atoms with Crippen LogP contribution >= 0.6 is 12.4 Å². The van der Waals surface area contributed by atoms with Gasteiger partial charge in [-0.3, -0.25) is 0 Å². The molecule has 0 rings (SSSR count). The SMILES string of the molecule is CCCCN(C)C.CN.Cl. The molecule has 0 unspecified atom stereocenters. The third-order valence-corrected chi connectivity index (χ3v) is 0.959. The molecule has 0 aliphatic rings. The van der Waals surface area contributed by atoms with E-state index in [0.717, 1.165) is 0 Å². The fraction of sp³-hybridized carbons (Fsp3) is 1.00. The summed E-state index contributed by atoms with van der Waals surface area (Å²) >= 11 is 0. The first kappa shape index (κ1) is 16.7. The lowest BCUT2D eigenvalue weighted by molar-refractivity contribution is 0.398. The Hall–Kier alpha value is 0.210. The molecule has 0 aromatic heterocycles. The van der Waals surface area contributed by atoms with Crippen LogP contribution in [0.4, 0.5) is 0 Å². The molecular weight excluding hydrogens is 148 g/mol. The smallest absolute Gasteiger partial charge is 0.00249 e. The minimum Gasteiger partial charge on any atom is -0.333 e. The van der Waals surface area contributed by atoms with Crippen LogP contribution in [-0.4, -0.2) is 32.6 Å². The third kappa shape index (κ3) is 24.1. The van der Waals surface area contributed by atoms with Crippen LogP contribution in [0.2, 0.25) is 0 Å². The van der Waals surface area contributed by atoms with Crippen LogP contribution in [0.25, 0.3) is 0 Å². The van der Waals surface area contributed by atoms with Crippen LogP contribution in [0.5, 0.6) is 0 Å². The first-order chi connectivity index (χ1) is 4.27. The number of hydrogen-bond donors (Lipinski definition) is 1. The van der Waals surface area contributed by atoms with E-state index in [-0.39, 0.29) is 12.4 Å². The molecule has 2 N–H and O–H groups in total. The van der Waals surface area contributed by atoms with Crippen molar-refractivity contribution < 1.29 is 0 Å². The highest BCUT2D eigenvalue weighted by molar-refractivity contribution is 5.85. The molecule has 0 amide bonds. The molecule has 0 saturated carbocycles. The highest BCUT2D eigenvalue weighted by Crippen LogP contribution is 1.86. The monoisotopic (exact) mass is 168 g/mol. The lowest BCUT2D eigenvalue weighted by atomic mass is 10.3. The maximum absolute atomic E-state index is 4.50. The van der Waals surface area contributed by atoms with Crippen molar-refractivity contribution in [2.24, 2.45) is 5.73 Å². The van der Waals surface area contributed by atoms with Gasteiger partial charge in [0, 0.05) is 0 Å². The lowest BCUT2D eigenvalue weighted by Gasteiger charge is -2.05. The molecule has 66 valence electrons. The molecule has 0 aromatic rings. The van der Waals surface area contributed by atoms with Gasteiger partial charge >= 0.3 is 0 Å². The number of nitrogens with zero attached hydrogens (tertiary/aromatic N) is 1. The van der Waals surface area contributed by atoms with Gasteiger partial charge in [0.15, 0.2) is 0 Å². The van der Waals surface area contributed by atoms with E-state index in [1.165, 1.54) is 26.4 Å². The zero-order chi connectivity index (χ0) is 7.70. The Labute approximate surface area is 71.2 Å². The van der Waals surface area contributed by atoms with Gasteiger partial charge in [-0.15, -0.1) is 12.4 Å². The summed E-state index contributed by atoms with van der Waals surface area (Å²) in [7, 11) is 5.71. The van der Waals surface area contributed by atoms with Crippen LogP contribution in [0, 0.1) is 0 Å². The number of unbranched alkanes of at least 4 members (excludes halogenated alkanes) is 1. The summed E-state index contributed by atoms with van der Waals surface area (Å²) in [6, 6.07) is 0. The van der Waals surface area contributed by atoms with E-state index in [1.807, 2.05) is 0 Å². The molecule has 3 heteroatoms. The van der Waals surface area contributed by atoms with Gasteiger partial charge in [-0.05, 0) is 34.1 Å². The number of rotatable bonds is 3. The summed E-state index contributed by atoms with van der Waals surface area (Å²) in [5.41, 5.74) is 4.50. The lowest BCUT2D eigenvalue weighted by Crippen LogP contribution is -2.12. The number of hydrogen-bond acceptors (Lipinski definition) is 2. The minimum atomic E-state index is 0. The summed E-state index contributed by atoms with van der Waals surface area (Å²) in [4.78, 5) is 2.21. The predicted molar refractivity (Wildman–Crippen MR) is 50.8 cm³/mol. The summed E-state index contributed by atoms with van der Waals surface area (Å²) in [5, 5.41) is 0. The molecular formula is C7H21ClN2. The molecule has 10 heavy (non-hydrogen) atoms. The van der Waals surface area contributed by atoms with E-state index < -0.39 is 0 Å². The van der Waals surface area contributed by atoms with Gasteiger partial charge in [0.25, 0.3) is 0 Å². The highest BCUT2D eigenvalue weighted by atomic mass is 35.5. The van der Waals surface area contributed by atoms with Crippen LogP contribution in [0.3, 0.4) is 0 Å². The summed E-state index contributed by atoms with van der Waals surface area (Å²) in [6.07, 6.45) is 2.63. The average molecular weight is 169 g/mol. The molecule has 2 nitrogen and oxygen atoms in total. The Balaban J connectivity index is -0.000000149. The Morgan fingerprint density at radius 3 is 1.70 bits per heavy atom. The van der Waals surface area contributed by atoms with Crippen molar-refractivity contribution in [3.8, 4) is 0 Å². The van der Waals surface area contributed by atoms with E-state index in [4.69, 9.17) is 0 Å². The fourth-order valence-corrected chi connectivity index (χ4v) is 0.474. The minimum absolute atomic E-state index is 0. The van der Waals surface area contributed by atoms with Gasteiger partial charge in [0.05, 0.1) is 0 Å². The Bertz CT molecular complexity index is 40.6.